The molecule has 0 atom stereocenters. The molecule has 0 unspecified atom stereocenters. The molecule has 0 N–H and O–H groups in total. The molecule has 0 saturated heterocycles. The molecule has 1 nitrogen and oxygen atoms in total. The Morgan fingerprint density at radius 3 is 1.36 bits per heavy atom. The van der Waals surface area contributed by atoms with Gasteiger partial charge in [-0.2, -0.15) is 0 Å². The van der Waals surface area contributed by atoms with E-state index in [1.807, 2.05) is 0 Å². The highest BCUT2D eigenvalue weighted by Gasteiger charge is 2.28. The van der Waals surface area contributed by atoms with Crippen molar-refractivity contribution in [1.29, 1.82) is 0 Å². The molecule has 4 aromatic rings. The lowest BCUT2D eigenvalue weighted by molar-refractivity contribution is 1.09. The number of allylic oxidation sites excluding steroid dienone is 4. The van der Waals surface area contributed by atoms with Crippen molar-refractivity contribution in [3.8, 4) is 0 Å². The van der Waals surface area contributed by atoms with Crippen molar-refractivity contribution in [1.82, 2.24) is 0 Å². The van der Waals surface area contributed by atoms with Crippen LogP contribution in [0.15, 0.2) is 132 Å². The van der Waals surface area contributed by atoms with E-state index in [-0.39, 0.29) is 0 Å². The summed E-state index contributed by atoms with van der Waals surface area (Å²) in [4.78, 5) is 0. The van der Waals surface area contributed by atoms with Gasteiger partial charge in [0, 0.05) is 21.8 Å². The minimum absolute atomic E-state index is 0.355. The third-order valence-electron chi connectivity index (χ3n) is 6.29. The van der Waals surface area contributed by atoms with Crippen molar-refractivity contribution >= 4 is 28.7 Å². The SMILES string of the molecule is Cc1cc(C2C=CC=C2)cc(C)c1N=P(c1ccccc1)(c1ccccc1)c1ccccc1. The zero-order valence-electron chi connectivity index (χ0n) is 19.1. The van der Waals surface area contributed by atoms with Crippen molar-refractivity contribution in [2.24, 2.45) is 4.74 Å². The Morgan fingerprint density at radius 2 is 0.970 bits per heavy atom. The van der Waals surface area contributed by atoms with Gasteiger partial charge in [0.1, 0.15) is 0 Å². The van der Waals surface area contributed by atoms with E-state index in [4.69, 9.17) is 4.74 Å². The van der Waals surface area contributed by atoms with Crippen LogP contribution in [0.5, 0.6) is 0 Å². The van der Waals surface area contributed by atoms with Gasteiger partial charge in [-0.1, -0.05) is 127 Å². The summed E-state index contributed by atoms with van der Waals surface area (Å²) in [6, 6.07) is 37.1. The van der Waals surface area contributed by atoms with Crippen LogP contribution < -0.4 is 15.9 Å². The second-order valence-corrected chi connectivity index (χ2v) is 11.6. The number of nitrogens with zero attached hydrogens (tertiary/aromatic N) is 1. The molecule has 0 bridgehead atoms. The summed E-state index contributed by atoms with van der Waals surface area (Å²) in [5.74, 6) is 0.355. The highest BCUT2D eigenvalue weighted by Crippen LogP contribution is 2.50. The average Bonchev–Trinajstić information content (AvgIpc) is 3.41. The average molecular weight is 446 g/mol. The van der Waals surface area contributed by atoms with Crippen molar-refractivity contribution in [2.45, 2.75) is 19.8 Å². The van der Waals surface area contributed by atoms with Crippen LogP contribution in [-0.2, 0) is 0 Å². The largest absolute Gasteiger partial charge is 0.253 e. The quantitative estimate of drug-likeness (QED) is 0.285. The van der Waals surface area contributed by atoms with Gasteiger partial charge in [0.2, 0.25) is 0 Å². The zero-order valence-corrected chi connectivity index (χ0v) is 20.0. The normalized spacial score (nSPS) is 13.4. The van der Waals surface area contributed by atoms with Crippen LogP contribution in [-0.4, -0.2) is 0 Å². The first-order chi connectivity index (χ1) is 16.2. The summed E-state index contributed by atoms with van der Waals surface area (Å²) in [5, 5.41) is 3.81. The third kappa shape index (κ3) is 4.06. The van der Waals surface area contributed by atoms with Crippen molar-refractivity contribution in [3.63, 3.8) is 0 Å². The summed E-state index contributed by atoms with van der Waals surface area (Å²) in [5.41, 5.74) is 4.89. The van der Waals surface area contributed by atoms with Gasteiger partial charge in [-0.05, 0) is 30.5 Å². The van der Waals surface area contributed by atoms with Crippen LogP contribution >= 0.6 is 7.05 Å². The van der Waals surface area contributed by atoms with E-state index in [9.17, 15) is 0 Å². The van der Waals surface area contributed by atoms with Crippen LogP contribution in [0.2, 0.25) is 0 Å². The Balaban J connectivity index is 1.84. The summed E-state index contributed by atoms with van der Waals surface area (Å²) in [6.07, 6.45) is 8.76. The van der Waals surface area contributed by atoms with Crippen LogP contribution in [0.1, 0.15) is 22.6 Å². The lowest BCUT2D eigenvalue weighted by Gasteiger charge is -2.28. The minimum atomic E-state index is -2.27. The van der Waals surface area contributed by atoms with E-state index >= 15 is 0 Å². The van der Waals surface area contributed by atoms with Gasteiger partial charge in [0.15, 0.2) is 0 Å². The van der Waals surface area contributed by atoms with Gasteiger partial charge in [-0.3, -0.25) is 4.74 Å². The molecule has 1 aliphatic rings. The summed E-state index contributed by atoms with van der Waals surface area (Å²) in [6.45, 7) is 4.40. The van der Waals surface area contributed by atoms with E-state index in [0.29, 0.717) is 5.92 Å². The predicted molar refractivity (Wildman–Crippen MR) is 144 cm³/mol. The van der Waals surface area contributed by atoms with Gasteiger partial charge in [0.25, 0.3) is 0 Å². The highest BCUT2D eigenvalue weighted by atomic mass is 31.2. The molecule has 5 rings (SSSR count). The van der Waals surface area contributed by atoms with Crippen LogP contribution in [0.3, 0.4) is 0 Å². The standard InChI is InChI=1S/C31H28NP/c1-24-22-27(26-14-12-13-15-26)23-25(2)31(24)32-33(28-16-6-3-7-17-28,29-18-8-4-9-19-29)30-20-10-5-11-21-30/h3-23,26H,1-2H3. The fourth-order valence-electron chi connectivity index (χ4n) is 4.70. The first kappa shape index (κ1) is 21.4. The molecule has 0 fully saturated rings. The lowest BCUT2D eigenvalue weighted by atomic mass is 9.95. The molecule has 0 aromatic heterocycles. The van der Waals surface area contributed by atoms with Crippen LogP contribution in [0.25, 0.3) is 0 Å². The van der Waals surface area contributed by atoms with E-state index in [2.05, 4.69) is 141 Å². The van der Waals surface area contributed by atoms with Crippen LogP contribution in [0.4, 0.5) is 5.69 Å². The first-order valence-corrected chi connectivity index (χ1v) is 13.2. The molecule has 0 radical (unpaired) electrons. The lowest BCUT2D eigenvalue weighted by Crippen LogP contribution is -2.25. The molecule has 1 aliphatic carbocycles. The second kappa shape index (κ2) is 9.22. The fourth-order valence-corrected chi connectivity index (χ4v) is 8.36. The summed E-state index contributed by atoms with van der Waals surface area (Å²) in [7, 11) is -2.27. The van der Waals surface area contributed by atoms with Gasteiger partial charge in [0.05, 0.1) is 12.7 Å². The monoisotopic (exact) mass is 445 g/mol. The number of benzene rings is 4. The van der Waals surface area contributed by atoms with E-state index in [0.717, 1.165) is 5.69 Å². The number of rotatable bonds is 5. The Morgan fingerprint density at radius 1 is 0.576 bits per heavy atom. The van der Waals surface area contributed by atoms with Gasteiger partial charge in [-0.25, -0.2) is 0 Å². The predicted octanol–water partition coefficient (Wildman–Crippen LogP) is 7.32. The molecule has 162 valence electrons. The minimum Gasteiger partial charge on any atom is -0.253 e. The van der Waals surface area contributed by atoms with Gasteiger partial charge < -0.3 is 0 Å². The fraction of sp³-hybridized carbons (Fsp3) is 0.0968. The second-order valence-electron chi connectivity index (χ2n) is 8.54. The van der Waals surface area contributed by atoms with E-state index in [1.165, 1.54) is 32.6 Å². The number of aryl methyl sites for hydroxylation is 2. The third-order valence-corrected chi connectivity index (χ3v) is 9.92. The summed E-state index contributed by atoms with van der Waals surface area (Å²) < 4.78 is 5.74. The molecular formula is C31H28NP. The topological polar surface area (TPSA) is 12.4 Å². The molecule has 0 spiro atoms. The molecule has 0 heterocycles. The molecule has 4 aromatic carbocycles. The Hall–Kier alpha value is -3.41. The number of hydrogen-bond donors (Lipinski definition) is 0. The molecule has 2 heteroatoms. The molecule has 33 heavy (non-hydrogen) atoms. The molecule has 0 saturated carbocycles. The summed E-state index contributed by atoms with van der Waals surface area (Å²) >= 11 is 0. The Labute approximate surface area is 197 Å². The highest BCUT2D eigenvalue weighted by molar-refractivity contribution is 7.87. The Bertz CT molecular complexity index is 1230. The molecular weight excluding hydrogens is 417 g/mol. The maximum Gasteiger partial charge on any atom is 0.0683 e. The zero-order chi connectivity index (χ0) is 22.7. The molecule has 0 aliphatic heterocycles. The molecule has 0 amide bonds. The maximum absolute atomic E-state index is 5.74. The number of hydrogen-bond acceptors (Lipinski definition) is 1. The maximum atomic E-state index is 5.74. The van der Waals surface area contributed by atoms with E-state index in [1.54, 1.807) is 0 Å². The van der Waals surface area contributed by atoms with Crippen molar-refractivity contribution in [2.75, 3.05) is 0 Å². The van der Waals surface area contributed by atoms with Gasteiger partial charge in [-0.15, -0.1) is 0 Å². The van der Waals surface area contributed by atoms with E-state index < -0.39 is 7.05 Å². The van der Waals surface area contributed by atoms with Gasteiger partial charge >= 0.3 is 0 Å². The smallest absolute Gasteiger partial charge is 0.0683 e. The van der Waals surface area contributed by atoms with Crippen molar-refractivity contribution in [3.05, 3.63) is 144 Å². The Kier molecular flexibility index (Phi) is 5.99. The first-order valence-electron chi connectivity index (χ1n) is 11.4. The van der Waals surface area contributed by atoms with Crippen LogP contribution in [0, 0.1) is 13.8 Å². The van der Waals surface area contributed by atoms with Crippen molar-refractivity contribution < 1.29 is 0 Å².